The lowest BCUT2D eigenvalue weighted by Crippen LogP contribution is -2.19. The summed E-state index contributed by atoms with van der Waals surface area (Å²) in [4.78, 5) is 24.7. The number of benzene rings is 2. The van der Waals surface area contributed by atoms with E-state index in [9.17, 15) is 20.2 Å². The molecule has 1 amide bonds. The van der Waals surface area contributed by atoms with Crippen LogP contribution in [0.2, 0.25) is 0 Å². The molecule has 0 saturated carbocycles. The van der Waals surface area contributed by atoms with Crippen LogP contribution in [0.15, 0.2) is 54.2 Å². The maximum absolute atomic E-state index is 12.5. The first kappa shape index (κ1) is 17.9. The van der Waals surface area contributed by atoms with E-state index < -0.39 is 10.8 Å². The van der Waals surface area contributed by atoms with Crippen LogP contribution in [0.1, 0.15) is 5.56 Å². The van der Waals surface area contributed by atoms with Gasteiger partial charge in [-0.2, -0.15) is 5.26 Å². The van der Waals surface area contributed by atoms with E-state index in [2.05, 4.69) is 5.32 Å². The Morgan fingerprint density at radius 2 is 2.15 bits per heavy atom. The van der Waals surface area contributed by atoms with Crippen molar-refractivity contribution < 1.29 is 14.5 Å². The number of nitriles is 1. The Morgan fingerprint density at radius 3 is 2.85 bits per heavy atom. The minimum atomic E-state index is -0.617. The Labute approximate surface area is 155 Å². The number of nitro groups is 1. The van der Waals surface area contributed by atoms with Gasteiger partial charge in [0, 0.05) is 24.5 Å². The van der Waals surface area contributed by atoms with E-state index in [1.807, 2.05) is 35.2 Å². The number of nitro benzene ring substituents is 1. The molecule has 0 saturated heterocycles. The molecule has 0 aromatic heterocycles. The topological polar surface area (TPSA) is 108 Å². The molecule has 0 unspecified atom stereocenters. The summed E-state index contributed by atoms with van der Waals surface area (Å²) >= 11 is 0. The average Bonchev–Trinajstić information content (AvgIpc) is 3.09. The van der Waals surface area contributed by atoms with Crippen molar-refractivity contribution in [2.45, 2.75) is 6.42 Å². The minimum Gasteiger partial charge on any atom is -0.494 e. The van der Waals surface area contributed by atoms with Crippen molar-refractivity contribution in [1.82, 2.24) is 0 Å². The van der Waals surface area contributed by atoms with E-state index in [0.717, 1.165) is 17.7 Å². The number of nitrogens with one attached hydrogen (secondary N) is 1. The smallest absolute Gasteiger partial charge is 0.273 e. The second-order valence-corrected chi connectivity index (χ2v) is 5.82. The van der Waals surface area contributed by atoms with Gasteiger partial charge in [0.2, 0.25) is 0 Å². The van der Waals surface area contributed by atoms with Crippen molar-refractivity contribution in [2.24, 2.45) is 0 Å². The standard InChI is InChI=1S/C19H16N4O4/c1-27-18-10-15(23(25)26)6-7-16(18)21-19(24)14(11-20)12-22-9-8-13-4-2-3-5-17(13)22/h2-7,10,12H,8-9H2,1H3,(H,21,24)/b14-12-. The maximum Gasteiger partial charge on any atom is 0.273 e. The third-order valence-corrected chi connectivity index (χ3v) is 4.22. The van der Waals surface area contributed by atoms with Crippen LogP contribution in [0.3, 0.4) is 0 Å². The van der Waals surface area contributed by atoms with Crippen molar-refractivity contribution >= 4 is 23.0 Å². The summed E-state index contributed by atoms with van der Waals surface area (Å²) in [6.07, 6.45) is 2.35. The fourth-order valence-corrected chi connectivity index (χ4v) is 2.88. The number of ether oxygens (including phenoxy) is 1. The number of nitrogens with zero attached hydrogens (tertiary/aromatic N) is 3. The van der Waals surface area contributed by atoms with Crippen molar-refractivity contribution in [3.05, 3.63) is 69.9 Å². The summed E-state index contributed by atoms with van der Waals surface area (Å²) in [7, 11) is 1.34. The lowest BCUT2D eigenvalue weighted by molar-refractivity contribution is -0.384. The van der Waals surface area contributed by atoms with E-state index >= 15 is 0 Å². The summed E-state index contributed by atoms with van der Waals surface area (Å²) in [5.41, 5.74) is 2.13. The molecule has 136 valence electrons. The monoisotopic (exact) mass is 364 g/mol. The Morgan fingerprint density at radius 1 is 1.37 bits per heavy atom. The molecule has 3 rings (SSSR count). The lowest BCUT2D eigenvalue weighted by atomic mass is 10.2. The molecular weight excluding hydrogens is 348 g/mol. The Bertz CT molecular complexity index is 978. The van der Waals surface area contributed by atoms with Gasteiger partial charge >= 0.3 is 0 Å². The highest BCUT2D eigenvalue weighted by molar-refractivity contribution is 6.07. The zero-order chi connectivity index (χ0) is 19.4. The van der Waals surface area contributed by atoms with Crippen molar-refractivity contribution in [1.29, 1.82) is 5.26 Å². The van der Waals surface area contributed by atoms with Crippen molar-refractivity contribution in [2.75, 3.05) is 23.9 Å². The lowest BCUT2D eigenvalue weighted by Gasteiger charge is -2.15. The first-order valence-electron chi connectivity index (χ1n) is 8.13. The minimum absolute atomic E-state index is 0.0768. The number of amides is 1. The van der Waals surface area contributed by atoms with Crippen LogP contribution in [-0.4, -0.2) is 24.5 Å². The number of para-hydroxylation sites is 1. The molecule has 0 aliphatic carbocycles. The van der Waals surface area contributed by atoms with Crippen molar-refractivity contribution in [3.8, 4) is 11.8 Å². The number of fused-ring (bicyclic) bond motifs is 1. The number of non-ortho nitro benzene ring substituents is 1. The zero-order valence-electron chi connectivity index (χ0n) is 14.5. The Balaban J connectivity index is 1.83. The van der Waals surface area contributed by atoms with Crippen LogP contribution in [0, 0.1) is 21.4 Å². The summed E-state index contributed by atoms with van der Waals surface area (Å²) in [6, 6.07) is 13.5. The van der Waals surface area contributed by atoms with E-state index in [1.165, 1.54) is 31.5 Å². The highest BCUT2D eigenvalue weighted by atomic mass is 16.6. The van der Waals surface area contributed by atoms with Gasteiger partial charge in [-0.15, -0.1) is 0 Å². The van der Waals surface area contributed by atoms with E-state index in [1.54, 1.807) is 0 Å². The summed E-state index contributed by atoms with van der Waals surface area (Å²) in [5, 5.41) is 22.8. The van der Waals surface area contributed by atoms with Gasteiger partial charge < -0.3 is 15.0 Å². The van der Waals surface area contributed by atoms with Crippen LogP contribution in [0.5, 0.6) is 5.75 Å². The van der Waals surface area contributed by atoms with Crippen LogP contribution >= 0.6 is 0 Å². The van der Waals surface area contributed by atoms with Gasteiger partial charge in [0.25, 0.3) is 11.6 Å². The van der Waals surface area contributed by atoms with Crippen LogP contribution in [-0.2, 0) is 11.2 Å². The second kappa shape index (κ2) is 7.58. The predicted molar refractivity (Wildman–Crippen MR) is 99.5 cm³/mol. The van der Waals surface area contributed by atoms with Crippen LogP contribution in [0.25, 0.3) is 0 Å². The molecule has 1 aliphatic rings. The molecule has 0 radical (unpaired) electrons. The van der Waals surface area contributed by atoms with E-state index in [-0.39, 0.29) is 22.7 Å². The molecule has 1 heterocycles. The summed E-state index contributed by atoms with van der Waals surface area (Å²) in [5.74, 6) is -0.476. The van der Waals surface area contributed by atoms with Crippen molar-refractivity contribution in [3.63, 3.8) is 0 Å². The largest absolute Gasteiger partial charge is 0.494 e. The molecule has 2 aromatic carbocycles. The number of methoxy groups -OCH3 is 1. The number of hydrogen-bond donors (Lipinski definition) is 1. The molecular formula is C19H16N4O4. The zero-order valence-corrected chi connectivity index (χ0v) is 14.5. The number of carbonyl (C=O) groups is 1. The summed E-state index contributed by atoms with van der Waals surface area (Å²) in [6.45, 7) is 0.679. The molecule has 0 fully saturated rings. The van der Waals surface area contributed by atoms with Gasteiger partial charge in [-0.3, -0.25) is 14.9 Å². The molecule has 0 bridgehead atoms. The third kappa shape index (κ3) is 3.72. The van der Waals surface area contributed by atoms with Gasteiger partial charge in [0.1, 0.15) is 17.4 Å². The number of carbonyl (C=O) groups excluding carboxylic acids is 1. The molecule has 0 atom stereocenters. The highest BCUT2D eigenvalue weighted by Gasteiger charge is 2.20. The molecule has 1 N–H and O–H groups in total. The van der Waals surface area contributed by atoms with E-state index in [4.69, 9.17) is 4.74 Å². The third-order valence-electron chi connectivity index (χ3n) is 4.22. The van der Waals surface area contributed by atoms with Gasteiger partial charge in [-0.25, -0.2) is 0 Å². The summed E-state index contributed by atoms with van der Waals surface area (Å²) < 4.78 is 5.10. The van der Waals surface area contributed by atoms with Gasteiger partial charge in [0.15, 0.2) is 0 Å². The first-order valence-corrected chi connectivity index (χ1v) is 8.13. The fraction of sp³-hybridized carbons (Fsp3) is 0.158. The number of hydrogen-bond acceptors (Lipinski definition) is 6. The Hall–Kier alpha value is -3.86. The number of anilines is 2. The van der Waals surface area contributed by atoms with Gasteiger partial charge in [-0.1, -0.05) is 18.2 Å². The first-order chi connectivity index (χ1) is 13.0. The molecule has 1 aliphatic heterocycles. The van der Waals surface area contributed by atoms with Crippen LogP contribution < -0.4 is 15.0 Å². The van der Waals surface area contributed by atoms with E-state index in [0.29, 0.717) is 6.54 Å². The molecule has 8 heteroatoms. The van der Waals surface area contributed by atoms with Crippen LogP contribution in [0.4, 0.5) is 17.1 Å². The second-order valence-electron chi connectivity index (χ2n) is 5.82. The molecule has 2 aromatic rings. The average molecular weight is 364 g/mol. The Kier molecular flexibility index (Phi) is 5.04. The molecule has 8 nitrogen and oxygen atoms in total. The molecule has 27 heavy (non-hydrogen) atoms. The fourth-order valence-electron chi connectivity index (χ4n) is 2.88. The normalized spacial score (nSPS) is 12.9. The highest BCUT2D eigenvalue weighted by Crippen LogP contribution is 2.30. The maximum atomic E-state index is 12.5. The van der Waals surface area contributed by atoms with Gasteiger partial charge in [-0.05, 0) is 24.1 Å². The quantitative estimate of drug-likeness (QED) is 0.378. The SMILES string of the molecule is COc1cc([N+](=O)[O-])ccc1NC(=O)/C(C#N)=C\N1CCc2ccccc21. The number of rotatable bonds is 5. The predicted octanol–water partition coefficient (Wildman–Crippen LogP) is 3.01. The van der Waals surface area contributed by atoms with Gasteiger partial charge in [0.05, 0.1) is 23.8 Å². The molecule has 0 spiro atoms.